The molecule has 0 aromatic heterocycles. The molecule has 4 aliphatic rings. The van der Waals surface area contributed by atoms with E-state index >= 15 is 0 Å². The molecule has 0 aliphatic heterocycles. The summed E-state index contributed by atoms with van der Waals surface area (Å²) in [4.78, 5) is 23.8. The fraction of sp³-hybridized carbons (Fsp3) is 0.789. The Bertz CT molecular complexity index is 546. The summed E-state index contributed by atoms with van der Waals surface area (Å²) in [6.45, 7) is 4.77. The first kappa shape index (κ1) is 13.7. The maximum atomic E-state index is 12.0. The van der Waals surface area contributed by atoms with Gasteiger partial charge in [0.05, 0.1) is 0 Å². The van der Waals surface area contributed by atoms with Crippen LogP contribution in [0.3, 0.4) is 0 Å². The molecule has 0 heterocycles. The van der Waals surface area contributed by atoms with Crippen LogP contribution in [0.2, 0.25) is 0 Å². The van der Waals surface area contributed by atoms with Gasteiger partial charge in [-0.25, -0.2) is 0 Å². The number of fused-ring (bicyclic) bond motifs is 5. The van der Waals surface area contributed by atoms with Gasteiger partial charge in [-0.2, -0.15) is 0 Å². The maximum Gasteiger partial charge on any atom is 0.202 e. The third kappa shape index (κ3) is 1.77. The summed E-state index contributed by atoms with van der Waals surface area (Å²) in [5.41, 5.74) is 1.82. The first-order chi connectivity index (χ1) is 9.94. The van der Waals surface area contributed by atoms with Crippen LogP contribution in [0.5, 0.6) is 0 Å². The van der Waals surface area contributed by atoms with Crippen molar-refractivity contribution in [1.82, 2.24) is 0 Å². The maximum absolute atomic E-state index is 12.0. The Morgan fingerprint density at radius 3 is 2.67 bits per heavy atom. The molecule has 0 spiro atoms. The summed E-state index contributed by atoms with van der Waals surface area (Å²) in [5.74, 6) is 1.96. The molecule has 0 unspecified atom stereocenters. The van der Waals surface area contributed by atoms with E-state index in [1.54, 1.807) is 0 Å². The van der Waals surface area contributed by atoms with Gasteiger partial charge < -0.3 is 0 Å². The molecule has 3 saturated carbocycles. The monoisotopic (exact) mass is 286 g/mol. The minimum Gasteiger partial charge on any atom is -0.291 e. The molecule has 2 heteroatoms. The van der Waals surface area contributed by atoms with E-state index in [9.17, 15) is 9.59 Å². The topological polar surface area (TPSA) is 34.1 Å². The lowest BCUT2D eigenvalue weighted by Crippen LogP contribution is -2.50. The van der Waals surface area contributed by atoms with E-state index in [1.165, 1.54) is 37.7 Å². The van der Waals surface area contributed by atoms with Crippen LogP contribution in [0, 0.1) is 28.6 Å². The summed E-state index contributed by atoms with van der Waals surface area (Å²) < 4.78 is 0. The molecule has 0 aromatic rings. The van der Waals surface area contributed by atoms with Crippen molar-refractivity contribution in [3.05, 3.63) is 11.6 Å². The fourth-order valence-corrected chi connectivity index (χ4v) is 6.37. The third-order valence-corrected chi connectivity index (χ3v) is 7.60. The average molecular weight is 286 g/mol. The second kappa shape index (κ2) is 4.30. The van der Waals surface area contributed by atoms with Gasteiger partial charge in [-0.05, 0) is 60.7 Å². The zero-order chi connectivity index (χ0) is 14.8. The smallest absolute Gasteiger partial charge is 0.202 e. The largest absolute Gasteiger partial charge is 0.291 e. The van der Waals surface area contributed by atoms with Crippen LogP contribution in [0.25, 0.3) is 0 Å². The van der Waals surface area contributed by atoms with Crippen molar-refractivity contribution >= 4 is 11.6 Å². The predicted molar refractivity (Wildman–Crippen MR) is 81.7 cm³/mol. The molecule has 3 fully saturated rings. The third-order valence-electron chi connectivity index (χ3n) is 7.60. The number of carbonyl (C=O) groups is 2. The predicted octanol–water partition coefficient (Wildman–Crippen LogP) is 4.09. The van der Waals surface area contributed by atoms with E-state index in [2.05, 4.69) is 19.9 Å². The van der Waals surface area contributed by atoms with E-state index in [0.717, 1.165) is 18.3 Å². The summed E-state index contributed by atoms with van der Waals surface area (Å²) in [7, 11) is 0. The van der Waals surface area contributed by atoms with Crippen LogP contribution in [0.1, 0.15) is 65.2 Å². The van der Waals surface area contributed by atoms with Crippen molar-refractivity contribution in [2.45, 2.75) is 65.2 Å². The van der Waals surface area contributed by atoms with Crippen LogP contribution in [0.4, 0.5) is 0 Å². The summed E-state index contributed by atoms with van der Waals surface area (Å²) in [6, 6.07) is 0. The lowest BCUT2D eigenvalue weighted by molar-refractivity contribution is -0.141. The van der Waals surface area contributed by atoms with Gasteiger partial charge in [0, 0.05) is 12.8 Å². The second-order valence-corrected chi connectivity index (χ2v) is 8.54. The molecule has 2 nitrogen and oxygen atoms in total. The number of hydrogen-bond acceptors (Lipinski definition) is 2. The Hall–Kier alpha value is -0.920. The van der Waals surface area contributed by atoms with Gasteiger partial charge >= 0.3 is 0 Å². The number of carbonyl (C=O) groups excluding carboxylic acids is 2. The quantitative estimate of drug-likeness (QED) is 0.496. The summed E-state index contributed by atoms with van der Waals surface area (Å²) >= 11 is 0. The van der Waals surface area contributed by atoms with Gasteiger partial charge in [0.2, 0.25) is 5.78 Å². The fourth-order valence-electron chi connectivity index (χ4n) is 6.37. The SMILES string of the molecule is C[C@@]12CCC[C@H]1[C@@H]1CC=C3CC(=O)C(=O)C[C@]3(C)[C@H]1CC2. The molecule has 21 heavy (non-hydrogen) atoms. The summed E-state index contributed by atoms with van der Waals surface area (Å²) in [5, 5.41) is 0. The zero-order valence-electron chi connectivity index (χ0n) is 13.3. The Kier molecular flexibility index (Phi) is 2.81. The van der Waals surface area contributed by atoms with Gasteiger partial charge in [-0.3, -0.25) is 9.59 Å². The van der Waals surface area contributed by atoms with Crippen molar-refractivity contribution in [3.63, 3.8) is 0 Å². The van der Waals surface area contributed by atoms with Crippen molar-refractivity contribution in [2.75, 3.05) is 0 Å². The number of allylic oxidation sites excluding steroid dienone is 2. The molecule has 4 aliphatic carbocycles. The lowest BCUT2D eigenvalue weighted by Gasteiger charge is -2.56. The van der Waals surface area contributed by atoms with Crippen LogP contribution in [-0.2, 0) is 9.59 Å². The van der Waals surface area contributed by atoms with E-state index in [0.29, 0.717) is 24.2 Å². The minimum absolute atomic E-state index is 0.0160. The highest BCUT2D eigenvalue weighted by Gasteiger charge is 2.56. The lowest BCUT2D eigenvalue weighted by atomic mass is 9.48. The molecule has 0 radical (unpaired) electrons. The molecule has 5 atom stereocenters. The molecular formula is C19H26O2. The molecule has 0 aromatic carbocycles. The summed E-state index contributed by atoms with van der Waals surface area (Å²) in [6.07, 6.45) is 11.1. The van der Waals surface area contributed by atoms with Gasteiger partial charge in [-0.1, -0.05) is 31.9 Å². The van der Waals surface area contributed by atoms with Gasteiger partial charge in [0.1, 0.15) is 0 Å². The number of rotatable bonds is 0. The van der Waals surface area contributed by atoms with Crippen LogP contribution < -0.4 is 0 Å². The normalized spacial score (nSPS) is 49.2. The highest BCUT2D eigenvalue weighted by atomic mass is 16.2. The average Bonchev–Trinajstić information content (AvgIpc) is 2.82. The highest BCUT2D eigenvalue weighted by Crippen LogP contribution is 2.64. The van der Waals surface area contributed by atoms with E-state index in [1.807, 2.05) is 0 Å². The molecule has 0 N–H and O–H groups in total. The first-order valence-corrected chi connectivity index (χ1v) is 8.70. The minimum atomic E-state index is -0.154. The molecular weight excluding hydrogens is 260 g/mol. The Morgan fingerprint density at radius 1 is 1.05 bits per heavy atom. The Labute approximate surface area is 127 Å². The molecule has 0 amide bonds. The van der Waals surface area contributed by atoms with Crippen molar-refractivity contribution in [3.8, 4) is 0 Å². The molecule has 0 saturated heterocycles. The van der Waals surface area contributed by atoms with Gasteiger partial charge in [-0.15, -0.1) is 0 Å². The highest BCUT2D eigenvalue weighted by molar-refractivity contribution is 6.38. The van der Waals surface area contributed by atoms with Crippen LogP contribution >= 0.6 is 0 Å². The van der Waals surface area contributed by atoms with E-state index < -0.39 is 0 Å². The van der Waals surface area contributed by atoms with E-state index in [-0.39, 0.29) is 17.0 Å². The van der Waals surface area contributed by atoms with Crippen LogP contribution in [-0.4, -0.2) is 11.6 Å². The zero-order valence-corrected chi connectivity index (χ0v) is 13.3. The Balaban J connectivity index is 1.72. The van der Waals surface area contributed by atoms with Gasteiger partial charge in [0.25, 0.3) is 0 Å². The van der Waals surface area contributed by atoms with E-state index in [4.69, 9.17) is 0 Å². The number of ketones is 2. The van der Waals surface area contributed by atoms with Crippen LogP contribution in [0.15, 0.2) is 11.6 Å². The molecule has 114 valence electrons. The van der Waals surface area contributed by atoms with Crippen molar-refractivity contribution in [2.24, 2.45) is 28.6 Å². The first-order valence-electron chi connectivity index (χ1n) is 8.70. The standard InChI is InChI=1S/C19H26O2/c1-18-8-3-4-14(18)13-6-5-12-10-16(20)17(21)11-19(12,2)15(13)7-9-18/h5,13-15H,3-4,6-11H2,1-2H3/t13-,14-,15-,18-,19-/m0/s1. The van der Waals surface area contributed by atoms with Gasteiger partial charge in [0.15, 0.2) is 5.78 Å². The molecule has 4 rings (SSSR count). The number of hydrogen-bond donors (Lipinski definition) is 0. The number of Topliss-reactive ketones (excluding diaryl/α,β-unsaturated/α-hetero) is 2. The van der Waals surface area contributed by atoms with Crippen molar-refractivity contribution in [1.29, 1.82) is 0 Å². The second-order valence-electron chi connectivity index (χ2n) is 8.54. The Morgan fingerprint density at radius 2 is 1.86 bits per heavy atom. The molecule has 0 bridgehead atoms. The van der Waals surface area contributed by atoms with Crippen molar-refractivity contribution < 1.29 is 9.59 Å².